The van der Waals surface area contributed by atoms with Crippen LogP contribution in [0.2, 0.25) is 0 Å². The van der Waals surface area contributed by atoms with Gasteiger partial charge in [-0.1, -0.05) is 18.2 Å². The number of rotatable bonds is 6. The van der Waals surface area contributed by atoms with E-state index >= 15 is 0 Å². The zero-order chi connectivity index (χ0) is 25.0. The number of nitrogens with zero attached hydrogens (tertiary/aromatic N) is 2. The first-order valence-electron chi connectivity index (χ1n) is 10.8. The molecule has 3 aromatic carbocycles. The molecule has 3 aromatic rings. The van der Waals surface area contributed by atoms with E-state index in [9.17, 15) is 27.2 Å². The molecule has 10 heteroatoms. The normalized spacial score (nSPS) is 14.1. The van der Waals surface area contributed by atoms with Crippen LogP contribution in [0.25, 0.3) is 0 Å². The molecule has 1 fully saturated rings. The number of anilines is 2. The maximum atomic E-state index is 13.1. The Morgan fingerprint density at radius 2 is 1.71 bits per heavy atom. The predicted molar refractivity (Wildman–Crippen MR) is 122 cm³/mol. The maximum Gasteiger partial charge on any atom is 0.573 e. The van der Waals surface area contributed by atoms with Crippen LogP contribution in [-0.4, -0.2) is 36.3 Å². The van der Waals surface area contributed by atoms with E-state index in [1.807, 2.05) is 0 Å². The molecular formula is C25H21F4N3O3. The van der Waals surface area contributed by atoms with Crippen LogP contribution in [0.5, 0.6) is 5.75 Å². The largest absolute Gasteiger partial charge is 0.573 e. The van der Waals surface area contributed by atoms with Gasteiger partial charge in [0.15, 0.2) is 0 Å². The number of nitrogens with one attached hydrogen (secondary N) is 1. The number of hydrogen-bond acceptors (Lipinski definition) is 3. The molecule has 35 heavy (non-hydrogen) atoms. The monoisotopic (exact) mass is 487 g/mol. The zero-order valence-electron chi connectivity index (χ0n) is 18.4. The highest BCUT2D eigenvalue weighted by molar-refractivity contribution is 6.04. The number of alkyl halides is 3. The second-order valence-corrected chi connectivity index (χ2v) is 7.92. The van der Waals surface area contributed by atoms with Crippen molar-refractivity contribution in [3.8, 4) is 5.75 Å². The van der Waals surface area contributed by atoms with E-state index < -0.39 is 18.1 Å². The van der Waals surface area contributed by atoms with Gasteiger partial charge in [0.05, 0.1) is 0 Å². The van der Waals surface area contributed by atoms with Crippen LogP contribution in [-0.2, 0) is 6.54 Å². The number of benzene rings is 3. The van der Waals surface area contributed by atoms with E-state index in [0.29, 0.717) is 36.4 Å². The molecule has 3 amide bonds. The van der Waals surface area contributed by atoms with Crippen LogP contribution in [0, 0.1) is 5.82 Å². The van der Waals surface area contributed by atoms with Gasteiger partial charge >= 0.3 is 12.4 Å². The minimum Gasteiger partial charge on any atom is -0.406 e. The molecule has 1 aliphatic rings. The lowest BCUT2D eigenvalue weighted by Gasteiger charge is -2.36. The Hall–Kier alpha value is -4.08. The van der Waals surface area contributed by atoms with Crippen LogP contribution in [0.15, 0.2) is 72.8 Å². The third kappa shape index (κ3) is 6.28. The van der Waals surface area contributed by atoms with Crippen LogP contribution < -0.4 is 15.0 Å². The van der Waals surface area contributed by atoms with Gasteiger partial charge in [0.2, 0.25) is 0 Å². The standard InChI is InChI=1S/C25H21F4N3O3/c26-19-10-8-18(9-11-19)23(33)30-20-5-2-6-21(15-20)32-13-3-12-31(24(32)34)16-17-4-1-7-22(14-17)35-25(27,28)29/h1-2,4-11,14-15H,3,12-13,16H2,(H,30,33). The average molecular weight is 487 g/mol. The fraction of sp³-hybridized carbons (Fsp3) is 0.200. The summed E-state index contributed by atoms with van der Waals surface area (Å²) in [4.78, 5) is 28.7. The summed E-state index contributed by atoms with van der Waals surface area (Å²) in [5.74, 6) is -1.22. The Morgan fingerprint density at radius 1 is 0.971 bits per heavy atom. The van der Waals surface area contributed by atoms with E-state index in [1.54, 1.807) is 40.1 Å². The van der Waals surface area contributed by atoms with Gasteiger partial charge in [0, 0.05) is 36.6 Å². The quantitative estimate of drug-likeness (QED) is 0.447. The molecule has 1 saturated heterocycles. The van der Waals surface area contributed by atoms with Crippen molar-refractivity contribution in [1.82, 2.24) is 4.90 Å². The van der Waals surface area contributed by atoms with Crippen LogP contribution >= 0.6 is 0 Å². The molecule has 1 heterocycles. The highest BCUT2D eigenvalue weighted by Crippen LogP contribution is 2.27. The Bertz CT molecular complexity index is 1220. The molecule has 0 aromatic heterocycles. The smallest absolute Gasteiger partial charge is 0.406 e. The number of amides is 3. The van der Waals surface area contributed by atoms with Gasteiger partial charge in [-0.25, -0.2) is 9.18 Å². The van der Waals surface area contributed by atoms with Gasteiger partial charge in [-0.05, 0) is 66.6 Å². The average Bonchev–Trinajstić information content (AvgIpc) is 2.80. The van der Waals surface area contributed by atoms with Crippen LogP contribution in [0.4, 0.5) is 33.7 Å². The SMILES string of the molecule is O=C(Nc1cccc(N2CCCN(Cc3cccc(OC(F)(F)F)c3)C2=O)c1)c1ccc(F)cc1. The van der Waals surface area contributed by atoms with Gasteiger partial charge in [0.1, 0.15) is 11.6 Å². The van der Waals surface area contributed by atoms with Crippen LogP contribution in [0.1, 0.15) is 22.3 Å². The van der Waals surface area contributed by atoms with Crippen molar-refractivity contribution < 1.29 is 31.9 Å². The first kappa shape index (κ1) is 24.1. The fourth-order valence-corrected chi connectivity index (χ4v) is 3.79. The highest BCUT2D eigenvalue weighted by atomic mass is 19.4. The van der Waals surface area contributed by atoms with Crippen molar-refractivity contribution in [2.45, 2.75) is 19.3 Å². The zero-order valence-corrected chi connectivity index (χ0v) is 18.4. The Kier molecular flexibility index (Phi) is 6.90. The second-order valence-electron chi connectivity index (χ2n) is 7.92. The molecule has 0 saturated carbocycles. The molecule has 1 aliphatic heterocycles. The summed E-state index contributed by atoms with van der Waals surface area (Å²) in [5, 5.41) is 2.73. The molecular weight excluding hydrogens is 466 g/mol. The van der Waals surface area contributed by atoms with E-state index in [1.165, 1.54) is 42.5 Å². The molecule has 0 bridgehead atoms. The first-order chi connectivity index (χ1) is 16.7. The van der Waals surface area contributed by atoms with Gasteiger partial charge in [-0.3, -0.25) is 9.69 Å². The fourth-order valence-electron chi connectivity index (χ4n) is 3.79. The summed E-state index contributed by atoms with van der Waals surface area (Å²) in [6.07, 6.45) is -4.15. The molecule has 182 valence electrons. The number of hydrogen-bond donors (Lipinski definition) is 1. The van der Waals surface area contributed by atoms with E-state index in [-0.39, 0.29) is 23.9 Å². The van der Waals surface area contributed by atoms with Crippen molar-refractivity contribution in [3.63, 3.8) is 0 Å². The molecule has 4 rings (SSSR count). The molecule has 6 nitrogen and oxygen atoms in total. The molecule has 0 unspecified atom stereocenters. The van der Waals surface area contributed by atoms with Gasteiger partial charge in [0.25, 0.3) is 5.91 Å². The number of carbonyl (C=O) groups excluding carboxylic acids is 2. The summed E-state index contributed by atoms with van der Waals surface area (Å²) in [7, 11) is 0. The number of carbonyl (C=O) groups is 2. The Labute approximate surface area is 198 Å². The Morgan fingerprint density at radius 3 is 2.46 bits per heavy atom. The van der Waals surface area contributed by atoms with Crippen LogP contribution in [0.3, 0.4) is 0 Å². The van der Waals surface area contributed by atoms with E-state index in [2.05, 4.69) is 10.1 Å². The van der Waals surface area contributed by atoms with Gasteiger partial charge in [-0.2, -0.15) is 0 Å². The lowest BCUT2D eigenvalue weighted by Crippen LogP contribution is -2.49. The van der Waals surface area contributed by atoms with E-state index in [4.69, 9.17) is 0 Å². The lowest BCUT2D eigenvalue weighted by molar-refractivity contribution is -0.274. The third-order valence-corrected chi connectivity index (χ3v) is 5.34. The summed E-state index contributed by atoms with van der Waals surface area (Å²) in [6.45, 7) is 1.01. The van der Waals surface area contributed by atoms with Crippen molar-refractivity contribution in [3.05, 3.63) is 89.7 Å². The maximum absolute atomic E-state index is 13.1. The number of ether oxygens (including phenoxy) is 1. The van der Waals surface area contributed by atoms with Gasteiger partial charge in [-0.15, -0.1) is 13.2 Å². The summed E-state index contributed by atoms with van der Waals surface area (Å²) in [6, 6.07) is 17.1. The summed E-state index contributed by atoms with van der Waals surface area (Å²) >= 11 is 0. The molecule has 0 spiro atoms. The summed E-state index contributed by atoms with van der Waals surface area (Å²) in [5.41, 5.74) is 1.81. The molecule has 0 radical (unpaired) electrons. The minimum atomic E-state index is -4.80. The molecule has 0 atom stereocenters. The predicted octanol–water partition coefficient (Wildman–Crippen LogP) is 5.81. The van der Waals surface area contributed by atoms with Gasteiger partial charge < -0.3 is 15.0 Å². The van der Waals surface area contributed by atoms with Crippen molar-refractivity contribution in [1.29, 1.82) is 0 Å². The first-order valence-corrected chi connectivity index (χ1v) is 10.8. The lowest BCUT2D eigenvalue weighted by atomic mass is 10.1. The highest BCUT2D eigenvalue weighted by Gasteiger charge is 2.31. The molecule has 0 aliphatic carbocycles. The van der Waals surface area contributed by atoms with Crippen molar-refractivity contribution in [2.24, 2.45) is 0 Å². The third-order valence-electron chi connectivity index (χ3n) is 5.34. The van der Waals surface area contributed by atoms with E-state index in [0.717, 1.165) is 0 Å². The topological polar surface area (TPSA) is 61.9 Å². The second kappa shape index (κ2) is 10.0. The summed E-state index contributed by atoms with van der Waals surface area (Å²) < 4.78 is 54.6. The van der Waals surface area contributed by atoms with Crippen molar-refractivity contribution >= 4 is 23.3 Å². The van der Waals surface area contributed by atoms with Crippen molar-refractivity contribution in [2.75, 3.05) is 23.3 Å². The number of urea groups is 1. The molecule has 1 N–H and O–H groups in total. The Balaban J connectivity index is 1.45. The number of halogens is 4. The minimum absolute atomic E-state index is 0.116.